The van der Waals surface area contributed by atoms with E-state index in [9.17, 15) is 9.59 Å². The van der Waals surface area contributed by atoms with Crippen LogP contribution in [0, 0.1) is 11.8 Å². The van der Waals surface area contributed by atoms with E-state index in [1.54, 1.807) is 11.0 Å². The zero-order chi connectivity index (χ0) is 21.7. The average Bonchev–Trinajstić information content (AvgIpc) is 3.12. The minimum atomic E-state index is -0.351. The Bertz CT molecular complexity index is 1440. The first-order valence-corrected chi connectivity index (χ1v) is 10.6. The Labute approximate surface area is 190 Å². The third kappa shape index (κ3) is 3.45. The summed E-state index contributed by atoms with van der Waals surface area (Å²) < 4.78 is 5.85. The molecule has 31 heavy (non-hydrogen) atoms. The molecule has 0 fully saturated rings. The molecule has 1 aliphatic rings. The first-order chi connectivity index (χ1) is 14.9. The molecule has 7 nitrogen and oxygen atoms in total. The first kappa shape index (κ1) is 19.7. The second-order valence-electron chi connectivity index (χ2n) is 7.24. The van der Waals surface area contributed by atoms with Gasteiger partial charge in [0.1, 0.15) is 6.42 Å². The molecule has 0 unspecified atom stereocenters. The van der Waals surface area contributed by atoms with Crippen molar-refractivity contribution in [1.29, 1.82) is 0 Å². The maximum Gasteiger partial charge on any atom is 0.314 e. The van der Waals surface area contributed by atoms with E-state index < -0.39 is 0 Å². The minimum absolute atomic E-state index is 0.0946. The first-order valence-electron chi connectivity index (χ1n) is 9.42. The Morgan fingerprint density at radius 1 is 1.13 bits per heavy atom. The van der Waals surface area contributed by atoms with Gasteiger partial charge in [0.05, 0.1) is 11.4 Å². The Morgan fingerprint density at radius 3 is 2.74 bits per heavy atom. The van der Waals surface area contributed by atoms with Gasteiger partial charge in [0.15, 0.2) is 5.82 Å². The molecular weight excluding hydrogens is 480 g/mol. The number of amides is 2. The van der Waals surface area contributed by atoms with Gasteiger partial charge in [0.2, 0.25) is 11.8 Å². The molecule has 0 spiro atoms. The Morgan fingerprint density at radius 2 is 1.97 bits per heavy atom. The molecule has 2 heterocycles. The van der Waals surface area contributed by atoms with Gasteiger partial charge in [-0.3, -0.25) is 14.5 Å². The van der Waals surface area contributed by atoms with Gasteiger partial charge in [-0.15, -0.1) is 0 Å². The van der Waals surface area contributed by atoms with Gasteiger partial charge >= 0.3 is 4.84 Å². The van der Waals surface area contributed by atoms with Crippen LogP contribution in [-0.2, 0) is 9.59 Å². The van der Waals surface area contributed by atoms with Crippen LogP contribution in [0.3, 0.4) is 0 Å². The van der Waals surface area contributed by atoms with Crippen molar-refractivity contribution in [3.8, 4) is 11.4 Å². The molecule has 0 bridgehead atoms. The summed E-state index contributed by atoms with van der Waals surface area (Å²) in [5, 5.41) is 7.41. The number of hydrogen-bond acceptors (Lipinski definition) is 5. The second kappa shape index (κ2) is 7.44. The monoisotopic (exact) mass is 494 g/mol. The third-order valence-electron chi connectivity index (χ3n) is 5.10. The van der Waals surface area contributed by atoms with E-state index in [0.29, 0.717) is 28.5 Å². The molecule has 154 valence electrons. The molecule has 9 heteroatoms. The lowest BCUT2D eigenvalue weighted by Crippen LogP contribution is -2.26. The van der Waals surface area contributed by atoms with Crippen molar-refractivity contribution in [3.63, 3.8) is 0 Å². The predicted molar refractivity (Wildman–Crippen MR) is 124 cm³/mol. The highest BCUT2D eigenvalue weighted by atomic mass is 79.9. The number of aromatic amines is 1. The summed E-state index contributed by atoms with van der Waals surface area (Å²) in [6, 6.07) is 15.1. The number of carbonyl (C=O) groups excluding carboxylic acids is 2. The zero-order valence-corrected chi connectivity index (χ0v) is 18.6. The van der Waals surface area contributed by atoms with Crippen molar-refractivity contribution in [2.75, 3.05) is 10.2 Å². The summed E-state index contributed by atoms with van der Waals surface area (Å²) in [5.41, 5.74) is 3.54. The molecule has 2 N–H and O–H groups in total. The number of aryl methyl sites for hydroxylation is 1. The molecule has 0 saturated carbocycles. The van der Waals surface area contributed by atoms with Crippen molar-refractivity contribution >= 4 is 67.8 Å². The van der Waals surface area contributed by atoms with Crippen LogP contribution in [0.25, 0.3) is 22.2 Å². The Balaban J connectivity index is 1.75. The minimum Gasteiger partial charge on any atom is -0.348 e. The predicted octanol–water partition coefficient (Wildman–Crippen LogP) is 5.63. The summed E-state index contributed by atoms with van der Waals surface area (Å²) in [6.45, 7) is 1.99. The van der Waals surface area contributed by atoms with E-state index in [1.807, 2.05) is 49.4 Å². The highest BCUT2D eigenvalue weighted by Gasteiger charge is 2.30. The van der Waals surface area contributed by atoms with Crippen LogP contribution in [0.15, 0.2) is 57.5 Å². The topological polar surface area (TPSA) is 91.2 Å². The number of nitrogens with one attached hydrogen (secondary N) is 2. The van der Waals surface area contributed by atoms with E-state index >= 15 is 0 Å². The molecule has 2 amide bonds. The average molecular weight is 495 g/mol. The fraction of sp³-hybridized carbons (Fsp3) is 0.0909. The van der Waals surface area contributed by atoms with E-state index in [1.165, 1.54) is 0 Å². The quantitative estimate of drug-likeness (QED) is 0.278. The van der Waals surface area contributed by atoms with Gasteiger partial charge in [-0.05, 0) is 48.8 Å². The lowest BCUT2D eigenvalue weighted by atomic mass is 10.0. The number of fused-ring (bicyclic) bond motifs is 3. The highest BCUT2D eigenvalue weighted by molar-refractivity contribution is 9.10. The number of H-pyrrole nitrogens is 1. The summed E-state index contributed by atoms with van der Waals surface area (Å²) >= 11 is 8.56. The molecule has 0 atom stereocenters. The van der Waals surface area contributed by atoms with Gasteiger partial charge in [0.25, 0.3) is 0 Å². The normalized spacial score (nSPS) is 13.8. The van der Waals surface area contributed by atoms with Gasteiger partial charge in [0, 0.05) is 21.1 Å². The van der Waals surface area contributed by atoms with E-state index in [4.69, 9.17) is 16.7 Å². The van der Waals surface area contributed by atoms with Crippen molar-refractivity contribution in [2.24, 2.45) is 0 Å². The van der Waals surface area contributed by atoms with Crippen LogP contribution in [0.1, 0.15) is 12.0 Å². The molecule has 5 rings (SSSR count). The largest absolute Gasteiger partial charge is 0.348 e. The van der Waals surface area contributed by atoms with Crippen LogP contribution in [0.4, 0.5) is 17.1 Å². The SMILES string of the molecule is Cc1ccc2c(Br)cc3c(c2c1)NC(=O)CC(=O)N3c1cccc(-c2nc(=S)o[nH]2)c1. The van der Waals surface area contributed by atoms with Gasteiger partial charge in [-0.2, -0.15) is 4.98 Å². The zero-order valence-electron chi connectivity index (χ0n) is 16.2. The second-order valence-corrected chi connectivity index (χ2v) is 8.44. The maximum absolute atomic E-state index is 13.1. The van der Waals surface area contributed by atoms with E-state index in [2.05, 4.69) is 31.4 Å². The standard InChI is InChI=1S/C22H15BrN4O3S/c1-11-5-6-14-15(7-11)20-17(9-16(14)23)27(19(29)10-18(28)24-20)13-4-2-3-12(8-13)21-25-22(31)30-26-21/h2-9H,10H2,1H3,(H,24,28)(H,25,26,31). The molecular formula is C22H15BrN4O3S. The molecule has 1 aromatic heterocycles. The Kier molecular flexibility index (Phi) is 4.71. The summed E-state index contributed by atoms with van der Waals surface area (Å²) in [6.07, 6.45) is -0.268. The number of aromatic nitrogens is 2. The van der Waals surface area contributed by atoms with Gasteiger partial charge in [-0.1, -0.05) is 45.8 Å². The molecule has 4 aromatic rings. The summed E-state index contributed by atoms with van der Waals surface area (Å²) in [4.78, 5) is 31.5. The van der Waals surface area contributed by atoms with Gasteiger partial charge < -0.3 is 9.84 Å². The number of anilines is 3. The molecule has 3 aromatic carbocycles. The Hall–Kier alpha value is -3.30. The highest BCUT2D eigenvalue weighted by Crippen LogP contribution is 2.43. The van der Waals surface area contributed by atoms with Crippen LogP contribution < -0.4 is 10.2 Å². The molecule has 1 aliphatic heterocycles. The number of hydrogen-bond donors (Lipinski definition) is 2. The number of benzene rings is 3. The van der Waals surface area contributed by atoms with E-state index in [0.717, 1.165) is 20.8 Å². The van der Waals surface area contributed by atoms with Crippen molar-refractivity contribution in [2.45, 2.75) is 13.3 Å². The lowest BCUT2D eigenvalue weighted by molar-refractivity contribution is -0.124. The molecule has 0 aliphatic carbocycles. The maximum atomic E-state index is 13.1. The molecule has 0 saturated heterocycles. The number of rotatable bonds is 2. The third-order valence-corrected chi connectivity index (χ3v) is 5.93. The summed E-state index contributed by atoms with van der Waals surface area (Å²) in [7, 11) is 0. The number of carbonyl (C=O) groups is 2. The van der Waals surface area contributed by atoms with Crippen molar-refractivity contribution in [3.05, 3.63) is 63.4 Å². The van der Waals surface area contributed by atoms with Gasteiger partial charge in [-0.25, -0.2) is 5.16 Å². The number of halogens is 1. The molecule has 0 radical (unpaired) electrons. The van der Waals surface area contributed by atoms with E-state index in [-0.39, 0.29) is 23.1 Å². The fourth-order valence-electron chi connectivity index (χ4n) is 3.75. The van der Waals surface area contributed by atoms with Crippen molar-refractivity contribution < 1.29 is 14.1 Å². The fourth-order valence-corrected chi connectivity index (χ4v) is 4.45. The van der Waals surface area contributed by atoms with Crippen molar-refractivity contribution in [1.82, 2.24) is 10.1 Å². The summed E-state index contributed by atoms with van der Waals surface area (Å²) in [5.74, 6) is -0.227. The smallest absolute Gasteiger partial charge is 0.314 e. The lowest BCUT2D eigenvalue weighted by Gasteiger charge is -2.24. The van der Waals surface area contributed by atoms with Crippen LogP contribution in [0.5, 0.6) is 0 Å². The number of nitrogens with zero attached hydrogens (tertiary/aromatic N) is 2. The van der Waals surface area contributed by atoms with Crippen LogP contribution in [-0.4, -0.2) is 22.0 Å². The van der Waals surface area contributed by atoms with Crippen LogP contribution in [0.2, 0.25) is 0 Å². The van der Waals surface area contributed by atoms with Crippen LogP contribution >= 0.6 is 28.1 Å².